The first kappa shape index (κ1) is 20.7. The van der Waals surface area contributed by atoms with E-state index in [-0.39, 0.29) is 5.41 Å². The maximum Gasteiger partial charge on any atom is 0.189 e. The molecule has 5 heteroatoms. The van der Waals surface area contributed by atoms with E-state index in [1.54, 1.807) is 0 Å². The van der Waals surface area contributed by atoms with Crippen LogP contribution in [0.5, 0.6) is 0 Å². The van der Waals surface area contributed by atoms with Gasteiger partial charge in [0.05, 0.1) is 5.69 Å². The van der Waals surface area contributed by atoms with E-state index in [0.29, 0.717) is 34.2 Å². The van der Waals surface area contributed by atoms with Crippen LogP contribution in [0.15, 0.2) is 29.4 Å². The number of anilines is 1. The molecule has 0 amide bonds. The molecule has 0 radical (unpaired) electrons. The molecular weight excluding hydrogens is 364 g/mol. The van der Waals surface area contributed by atoms with Gasteiger partial charge in [0.2, 0.25) is 0 Å². The van der Waals surface area contributed by atoms with Crippen molar-refractivity contribution in [2.45, 2.75) is 70.0 Å². The van der Waals surface area contributed by atoms with Gasteiger partial charge in [-0.3, -0.25) is 0 Å². The number of aromatic nitrogens is 2. The molecule has 0 spiro atoms. The van der Waals surface area contributed by atoms with Crippen molar-refractivity contribution in [3.8, 4) is 17.3 Å². The standard InChI is InChI=1S/C23H30N4S/c1-15-8-6-7-9-19(15)25-21-18(14-24)20(26-22(27-21)28-5)16-10-12-17(13-11-16)23(2,3)4/h10-13,15,19H,6-9H2,1-5H3,(H,25,26,27)/t15-,19-/m1/s1. The normalized spacial score (nSPS) is 19.9. The van der Waals surface area contributed by atoms with Crippen molar-refractivity contribution >= 4 is 17.6 Å². The molecule has 0 saturated heterocycles. The molecule has 1 aromatic heterocycles. The molecule has 28 heavy (non-hydrogen) atoms. The number of nitriles is 1. The van der Waals surface area contributed by atoms with Crippen LogP contribution in [0.3, 0.4) is 0 Å². The minimum absolute atomic E-state index is 0.0938. The van der Waals surface area contributed by atoms with E-state index in [1.807, 2.05) is 6.26 Å². The quantitative estimate of drug-likeness (QED) is 0.507. The lowest BCUT2D eigenvalue weighted by Gasteiger charge is -2.30. The SMILES string of the molecule is CSc1nc(N[C@@H]2CCCC[C@H]2C)c(C#N)c(-c2ccc(C(C)(C)C)cc2)n1. The second-order valence-corrected chi connectivity index (χ2v) is 9.51. The lowest BCUT2D eigenvalue weighted by Crippen LogP contribution is -2.31. The predicted molar refractivity (Wildman–Crippen MR) is 118 cm³/mol. The van der Waals surface area contributed by atoms with E-state index in [4.69, 9.17) is 0 Å². The summed E-state index contributed by atoms with van der Waals surface area (Å²) in [6.45, 7) is 8.89. The molecule has 0 bridgehead atoms. The Morgan fingerprint density at radius 1 is 1.11 bits per heavy atom. The van der Waals surface area contributed by atoms with E-state index >= 15 is 0 Å². The van der Waals surface area contributed by atoms with Crippen molar-refractivity contribution in [1.29, 1.82) is 5.26 Å². The summed E-state index contributed by atoms with van der Waals surface area (Å²) in [6.07, 6.45) is 6.84. The molecule has 2 atom stereocenters. The third kappa shape index (κ3) is 4.50. The smallest absolute Gasteiger partial charge is 0.189 e. The van der Waals surface area contributed by atoms with Gasteiger partial charge in [-0.25, -0.2) is 9.97 Å². The maximum absolute atomic E-state index is 9.93. The van der Waals surface area contributed by atoms with Gasteiger partial charge in [0, 0.05) is 11.6 Å². The van der Waals surface area contributed by atoms with Crippen LogP contribution in [0.1, 0.15) is 64.5 Å². The summed E-state index contributed by atoms with van der Waals surface area (Å²) in [5.74, 6) is 1.26. The van der Waals surface area contributed by atoms with Crippen LogP contribution in [-0.2, 0) is 5.41 Å². The average molecular weight is 395 g/mol. The topological polar surface area (TPSA) is 61.6 Å². The second-order valence-electron chi connectivity index (χ2n) is 8.73. The molecule has 148 valence electrons. The summed E-state index contributed by atoms with van der Waals surface area (Å²) < 4.78 is 0. The highest BCUT2D eigenvalue weighted by Crippen LogP contribution is 2.33. The van der Waals surface area contributed by atoms with Crippen LogP contribution in [0.25, 0.3) is 11.3 Å². The van der Waals surface area contributed by atoms with E-state index in [1.165, 1.54) is 36.6 Å². The Morgan fingerprint density at radius 3 is 2.36 bits per heavy atom. The summed E-state index contributed by atoms with van der Waals surface area (Å²) >= 11 is 1.51. The van der Waals surface area contributed by atoms with E-state index in [0.717, 1.165) is 12.0 Å². The predicted octanol–water partition coefficient (Wildman–Crippen LogP) is 6.03. The van der Waals surface area contributed by atoms with Crippen LogP contribution in [0.4, 0.5) is 5.82 Å². The zero-order valence-electron chi connectivity index (χ0n) is 17.5. The van der Waals surface area contributed by atoms with Gasteiger partial charge >= 0.3 is 0 Å². The Labute approximate surface area is 173 Å². The first-order chi connectivity index (χ1) is 13.3. The summed E-state index contributed by atoms with van der Waals surface area (Å²) in [4.78, 5) is 9.34. The van der Waals surface area contributed by atoms with Crippen LogP contribution in [0.2, 0.25) is 0 Å². The molecule has 1 aromatic carbocycles. The second kappa shape index (κ2) is 8.53. The largest absolute Gasteiger partial charge is 0.366 e. The maximum atomic E-state index is 9.93. The van der Waals surface area contributed by atoms with Gasteiger partial charge in [0.15, 0.2) is 5.16 Å². The third-order valence-electron chi connectivity index (χ3n) is 5.64. The van der Waals surface area contributed by atoms with Crippen molar-refractivity contribution in [3.63, 3.8) is 0 Å². The Hall–Kier alpha value is -2.06. The zero-order chi connectivity index (χ0) is 20.3. The number of nitrogens with zero attached hydrogens (tertiary/aromatic N) is 3. The highest BCUT2D eigenvalue weighted by atomic mass is 32.2. The molecule has 1 aliphatic rings. The van der Waals surface area contributed by atoms with Crippen molar-refractivity contribution in [1.82, 2.24) is 9.97 Å². The van der Waals surface area contributed by atoms with Crippen LogP contribution in [0, 0.1) is 17.2 Å². The summed E-state index contributed by atoms with van der Waals surface area (Å²) in [6, 6.07) is 11.1. The van der Waals surface area contributed by atoms with Gasteiger partial charge in [0.1, 0.15) is 17.5 Å². The van der Waals surface area contributed by atoms with Crippen LogP contribution in [-0.4, -0.2) is 22.3 Å². The molecule has 0 aliphatic heterocycles. The highest BCUT2D eigenvalue weighted by Gasteiger charge is 2.24. The molecular formula is C23H30N4S. The molecule has 4 nitrogen and oxygen atoms in total. The Bertz CT molecular complexity index is 862. The zero-order valence-corrected chi connectivity index (χ0v) is 18.4. The lowest BCUT2D eigenvalue weighted by molar-refractivity contribution is 0.349. The fourth-order valence-electron chi connectivity index (χ4n) is 3.79. The fourth-order valence-corrected chi connectivity index (χ4v) is 4.15. The summed E-state index contributed by atoms with van der Waals surface area (Å²) in [5, 5.41) is 14.2. The Kier molecular flexibility index (Phi) is 6.30. The van der Waals surface area contributed by atoms with Gasteiger partial charge in [0.25, 0.3) is 0 Å². The number of nitrogens with one attached hydrogen (secondary N) is 1. The molecule has 3 rings (SSSR count). The molecule has 1 N–H and O–H groups in total. The van der Waals surface area contributed by atoms with E-state index in [9.17, 15) is 5.26 Å². The Morgan fingerprint density at radius 2 is 1.79 bits per heavy atom. The lowest BCUT2D eigenvalue weighted by atomic mass is 9.85. The number of rotatable bonds is 4. The molecule has 2 aromatic rings. The molecule has 1 aliphatic carbocycles. The van der Waals surface area contributed by atoms with E-state index in [2.05, 4.69) is 73.3 Å². The van der Waals surface area contributed by atoms with E-state index < -0.39 is 0 Å². The minimum atomic E-state index is 0.0938. The fraction of sp³-hybridized carbons (Fsp3) is 0.522. The summed E-state index contributed by atoms with van der Waals surface area (Å²) in [5.41, 5.74) is 3.58. The molecule has 1 heterocycles. The Balaban J connectivity index is 2.02. The van der Waals surface area contributed by atoms with Crippen molar-refractivity contribution in [2.75, 3.05) is 11.6 Å². The van der Waals surface area contributed by atoms with Gasteiger partial charge in [-0.05, 0) is 36.0 Å². The van der Waals surface area contributed by atoms with Crippen molar-refractivity contribution < 1.29 is 0 Å². The van der Waals surface area contributed by atoms with Gasteiger partial charge < -0.3 is 5.32 Å². The van der Waals surface area contributed by atoms with Crippen LogP contribution < -0.4 is 5.32 Å². The molecule has 1 fully saturated rings. The number of benzene rings is 1. The first-order valence-electron chi connectivity index (χ1n) is 10.1. The number of thioether (sulfide) groups is 1. The van der Waals surface area contributed by atoms with Gasteiger partial charge in [-0.1, -0.05) is 76.6 Å². The third-order valence-corrected chi connectivity index (χ3v) is 6.19. The molecule has 1 saturated carbocycles. The average Bonchev–Trinajstić information content (AvgIpc) is 2.68. The van der Waals surface area contributed by atoms with Gasteiger partial charge in [-0.2, -0.15) is 5.26 Å². The highest BCUT2D eigenvalue weighted by molar-refractivity contribution is 7.98. The minimum Gasteiger partial charge on any atom is -0.366 e. The summed E-state index contributed by atoms with van der Waals surface area (Å²) in [7, 11) is 0. The number of hydrogen-bond acceptors (Lipinski definition) is 5. The van der Waals surface area contributed by atoms with Crippen molar-refractivity contribution in [2.24, 2.45) is 5.92 Å². The monoisotopic (exact) mass is 394 g/mol. The number of hydrogen-bond donors (Lipinski definition) is 1. The molecule has 0 unspecified atom stereocenters. The first-order valence-corrected chi connectivity index (χ1v) is 11.3. The van der Waals surface area contributed by atoms with Crippen molar-refractivity contribution in [3.05, 3.63) is 35.4 Å². The van der Waals surface area contributed by atoms with Gasteiger partial charge in [-0.15, -0.1) is 0 Å². The van der Waals surface area contributed by atoms with Crippen LogP contribution >= 0.6 is 11.8 Å².